The highest BCUT2D eigenvalue weighted by atomic mass is 79.9. The van der Waals surface area contributed by atoms with E-state index in [-0.39, 0.29) is 0 Å². The number of H-pyrrole nitrogens is 1. The first kappa shape index (κ1) is 8.00. The van der Waals surface area contributed by atoms with Gasteiger partial charge in [-0.25, -0.2) is 0 Å². The standard InChI is InChI=1S/C6H5BrN2O2/c7-5-1-3-8-6(5)2-4-9(10)11/h1-4,8H/b4-2+. The van der Waals surface area contributed by atoms with Crippen molar-refractivity contribution in [2.75, 3.05) is 0 Å². The van der Waals surface area contributed by atoms with Crippen molar-refractivity contribution in [2.24, 2.45) is 0 Å². The van der Waals surface area contributed by atoms with Gasteiger partial charge in [-0.1, -0.05) is 0 Å². The van der Waals surface area contributed by atoms with Crippen molar-refractivity contribution >= 4 is 22.0 Å². The molecule has 1 rings (SSSR count). The lowest BCUT2D eigenvalue weighted by molar-refractivity contribution is -0.401. The summed E-state index contributed by atoms with van der Waals surface area (Å²) in [5, 5.41) is 9.90. The smallest absolute Gasteiger partial charge is 0.236 e. The first-order valence-corrected chi connectivity index (χ1v) is 3.64. The Morgan fingerprint density at radius 3 is 2.91 bits per heavy atom. The third kappa shape index (κ3) is 2.19. The van der Waals surface area contributed by atoms with Crippen molar-refractivity contribution in [2.45, 2.75) is 0 Å². The minimum absolute atomic E-state index is 0.507. The monoisotopic (exact) mass is 216 g/mol. The van der Waals surface area contributed by atoms with Crippen molar-refractivity contribution in [3.8, 4) is 0 Å². The van der Waals surface area contributed by atoms with E-state index in [2.05, 4.69) is 20.9 Å². The molecule has 0 atom stereocenters. The molecule has 0 amide bonds. The molecule has 0 unspecified atom stereocenters. The number of aromatic nitrogens is 1. The van der Waals surface area contributed by atoms with Crippen LogP contribution in [0.4, 0.5) is 0 Å². The summed E-state index contributed by atoms with van der Waals surface area (Å²) in [6.45, 7) is 0. The maximum Gasteiger partial charge on any atom is 0.236 e. The van der Waals surface area contributed by atoms with Crippen LogP contribution in [0.25, 0.3) is 6.08 Å². The van der Waals surface area contributed by atoms with Gasteiger partial charge in [0.1, 0.15) is 0 Å². The van der Waals surface area contributed by atoms with Crippen molar-refractivity contribution in [1.82, 2.24) is 4.98 Å². The third-order valence-corrected chi connectivity index (χ3v) is 1.78. The van der Waals surface area contributed by atoms with Crippen LogP contribution in [-0.2, 0) is 0 Å². The summed E-state index contributed by atoms with van der Waals surface area (Å²) >= 11 is 3.21. The van der Waals surface area contributed by atoms with Crippen LogP contribution in [-0.4, -0.2) is 9.91 Å². The highest BCUT2D eigenvalue weighted by Gasteiger charge is 1.96. The van der Waals surface area contributed by atoms with Gasteiger partial charge in [0.2, 0.25) is 6.20 Å². The fourth-order valence-electron chi connectivity index (χ4n) is 0.626. The highest BCUT2D eigenvalue weighted by molar-refractivity contribution is 9.10. The number of hydrogen-bond donors (Lipinski definition) is 1. The van der Waals surface area contributed by atoms with Crippen LogP contribution in [0, 0.1) is 10.1 Å². The zero-order valence-corrected chi connectivity index (χ0v) is 7.04. The number of nitro groups is 1. The lowest BCUT2D eigenvalue weighted by atomic mass is 10.4. The van der Waals surface area contributed by atoms with Gasteiger partial charge in [0.05, 0.1) is 10.6 Å². The number of halogens is 1. The quantitative estimate of drug-likeness (QED) is 0.608. The fraction of sp³-hybridized carbons (Fsp3) is 0. The summed E-state index contributed by atoms with van der Waals surface area (Å²) in [4.78, 5) is 12.2. The molecule has 0 saturated heterocycles. The molecule has 5 heteroatoms. The molecular formula is C6H5BrN2O2. The molecular weight excluding hydrogens is 212 g/mol. The van der Waals surface area contributed by atoms with E-state index in [1.54, 1.807) is 12.3 Å². The van der Waals surface area contributed by atoms with Gasteiger partial charge < -0.3 is 4.98 Å². The Bertz CT molecular complexity index is 293. The Morgan fingerprint density at radius 1 is 1.73 bits per heavy atom. The molecule has 11 heavy (non-hydrogen) atoms. The van der Waals surface area contributed by atoms with E-state index in [0.29, 0.717) is 5.69 Å². The minimum Gasteiger partial charge on any atom is -0.361 e. The Hall–Kier alpha value is -1.10. The largest absolute Gasteiger partial charge is 0.361 e. The van der Waals surface area contributed by atoms with Gasteiger partial charge in [-0.15, -0.1) is 0 Å². The van der Waals surface area contributed by atoms with Gasteiger partial charge in [-0.3, -0.25) is 10.1 Å². The molecule has 1 heterocycles. The normalized spacial score (nSPS) is 10.6. The van der Waals surface area contributed by atoms with Crippen molar-refractivity contribution in [3.63, 3.8) is 0 Å². The molecule has 0 bridgehead atoms. The molecule has 1 N–H and O–H groups in total. The van der Waals surface area contributed by atoms with Gasteiger partial charge in [0.25, 0.3) is 0 Å². The summed E-state index contributed by atoms with van der Waals surface area (Å²) < 4.78 is 0.815. The molecule has 0 saturated carbocycles. The summed E-state index contributed by atoms with van der Waals surface area (Å²) in [5.41, 5.74) is 0.696. The summed E-state index contributed by atoms with van der Waals surface area (Å²) in [5.74, 6) is 0. The second-order valence-electron chi connectivity index (χ2n) is 1.84. The number of nitrogens with one attached hydrogen (secondary N) is 1. The second-order valence-corrected chi connectivity index (χ2v) is 2.69. The minimum atomic E-state index is -0.507. The van der Waals surface area contributed by atoms with Crippen molar-refractivity contribution in [1.29, 1.82) is 0 Å². The topological polar surface area (TPSA) is 58.9 Å². The number of nitrogens with zero attached hydrogens (tertiary/aromatic N) is 1. The van der Waals surface area contributed by atoms with Crippen LogP contribution in [0.15, 0.2) is 22.9 Å². The molecule has 1 aromatic heterocycles. The van der Waals surface area contributed by atoms with E-state index in [1.165, 1.54) is 6.08 Å². The first-order chi connectivity index (χ1) is 5.20. The van der Waals surface area contributed by atoms with Crippen molar-refractivity contribution in [3.05, 3.63) is 38.7 Å². The van der Waals surface area contributed by atoms with E-state index in [4.69, 9.17) is 0 Å². The Morgan fingerprint density at radius 2 is 2.45 bits per heavy atom. The van der Waals surface area contributed by atoms with Crippen LogP contribution < -0.4 is 0 Å². The zero-order chi connectivity index (χ0) is 8.27. The molecule has 0 radical (unpaired) electrons. The van der Waals surface area contributed by atoms with Crippen LogP contribution in [0.3, 0.4) is 0 Å². The van der Waals surface area contributed by atoms with Gasteiger partial charge in [0, 0.05) is 16.7 Å². The van der Waals surface area contributed by atoms with Crippen LogP contribution in [0.5, 0.6) is 0 Å². The summed E-state index contributed by atoms with van der Waals surface area (Å²) in [7, 11) is 0. The average molecular weight is 217 g/mol. The van der Waals surface area contributed by atoms with E-state index in [9.17, 15) is 10.1 Å². The van der Waals surface area contributed by atoms with Crippen LogP contribution >= 0.6 is 15.9 Å². The van der Waals surface area contributed by atoms with Gasteiger partial charge >= 0.3 is 0 Å². The first-order valence-electron chi connectivity index (χ1n) is 2.85. The van der Waals surface area contributed by atoms with Gasteiger partial charge in [-0.2, -0.15) is 0 Å². The molecule has 4 nitrogen and oxygen atoms in total. The number of hydrogen-bond acceptors (Lipinski definition) is 2. The lowest BCUT2D eigenvalue weighted by Crippen LogP contribution is -1.82. The second kappa shape index (κ2) is 3.34. The predicted molar refractivity (Wildman–Crippen MR) is 44.5 cm³/mol. The van der Waals surface area contributed by atoms with E-state index in [1.807, 2.05) is 0 Å². The third-order valence-electron chi connectivity index (χ3n) is 1.09. The van der Waals surface area contributed by atoms with Gasteiger partial charge in [0.15, 0.2) is 0 Å². The average Bonchev–Trinajstić information content (AvgIpc) is 2.31. The highest BCUT2D eigenvalue weighted by Crippen LogP contribution is 2.15. The van der Waals surface area contributed by atoms with Crippen LogP contribution in [0.2, 0.25) is 0 Å². The molecule has 0 aromatic carbocycles. The predicted octanol–water partition coefficient (Wildman–Crippen LogP) is 2.02. The lowest BCUT2D eigenvalue weighted by Gasteiger charge is -1.84. The maximum atomic E-state index is 9.90. The Balaban J connectivity index is 2.79. The molecule has 0 aliphatic rings. The molecule has 0 fully saturated rings. The molecule has 0 spiro atoms. The molecule has 58 valence electrons. The van der Waals surface area contributed by atoms with E-state index in [0.717, 1.165) is 10.7 Å². The number of rotatable bonds is 2. The maximum absolute atomic E-state index is 9.90. The van der Waals surface area contributed by atoms with Crippen molar-refractivity contribution < 1.29 is 4.92 Å². The summed E-state index contributed by atoms with van der Waals surface area (Å²) in [6, 6.07) is 1.78. The Kier molecular flexibility index (Phi) is 2.43. The van der Waals surface area contributed by atoms with E-state index >= 15 is 0 Å². The molecule has 1 aromatic rings. The molecule has 0 aliphatic heterocycles. The van der Waals surface area contributed by atoms with Gasteiger partial charge in [-0.05, 0) is 22.0 Å². The Labute approximate surface area is 71.2 Å². The number of aromatic amines is 1. The zero-order valence-electron chi connectivity index (χ0n) is 5.45. The van der Waals surface area contributed by atoms with Crippen LogP contribution in [0.1, 0.15) is 5.69 Å². The molecule has 0 aliphatic carbocycles. The fourth-order valence-corrected chi connectivity index (χ4v) is 1.01. The SMILES string of the molecule is O=[N+]([O-])/C=C/c1[nH]ccc1Br. The van der Waals surface area contributed by atoms with E-state index < -0.39 is 4.92 Å². The summed E-state index contributed by atoms with van der Waals surface area (Å²) in [6.07, 6.45) is 3.98.